The minimum atomic E-state index is 0.0506. The smallest absolute Gasteiger partial charge is 0.234 e. The molecule has 1 aliphatic rings. The van der Waals surface area contributed by atoms with Crippen LogP contribution in [0.15, 0.2) is 30.3 Å². The number of carbonyl (C=O) groups is 2. The van der Waals surface area contributed by atoms with E-state index in [1.165, 1.54) is 0 Å². The van der Waals surface area contributed by atoms with Crippen molar-refractivity contribution >= 4 is 11.8 Å². The summed E-state index contributed by atoms with van der Waals surface area (Å²) in [4.78, 5) is 28.2. The summed E-state index contributed by atoms with van der Waals surface area (Å²) in [7, 11) is 0. The first kappa shape index (κ1) is 19.4. The van der Waals surface area contributed by atoms with Gasteiger partial charge in [0.05, 0.1) is 13.1 Å². The van der Waals surface area contributed by atoms with Crippen LogP contribution < -0.4 is 10.6 Å². The Balaban J connectivity index is 1.60. The van der Waals surface area contributed by atoms with E-state index in [1.54, 1.807) is 0 Å². The molecule has 0 spiro atoms. The lowest BCUT2D eigenvalue weighted by molar-refractivity contribution is -0.125. The van der Waals surface area contributed by atoms with Crippen LogP contribution in [0.2, 0.25) is 0 Å². The van der Waals surface area contributed by atoms with E-state index in [0.29, 0.717) is 19.6 Å². The average Bonchev–Trinajstić information content (AvgIpc) is 2.63. The second-order valence-corrected chi connectivity index (χ2v) is 6.52. The summed E-state index contributed by atoms with van der Waals surface area (Å²) in [6.45, 7) is 7.61. The molecule has 0 aliphatic carbocycles. The molecule has 0 radical (unpaired) electrons. The van der Waals surface area contributed by atoms with E-state index in [0.717, 1.165) is 51.1 Å². The van der Waals surface area contributed by atoms with Crippen molar-refractivity contribution in [2.75, 3.05) is 45.8 Å². The summed E-state index contributed by atoms with van der Waals surface area (Å²) >= 11 is 0. The van der Waals surface area contributed by atoms with Crippen molar-refractivity contribution in [1.29, 1.82) is 0 Å². The average molecular weight is 346 g/mol. The third-order valence-electron chi connectivity index (χ3n) is 4.38. The summed E-state index contributed by atoms with van der Waals surface area (Å²) in [6.07, 6.45) is 2.11. The number of amides is 2. The van der Waals surface area contributed by atoms with Gasteiger partial charge in [-0.3, -0.25) is 19.4 Å². The molecule has 1 fully saturated rings. The van der Waals surface area contributed by atoms with Gasteiger partial charge in [-0.05, 0) is 12.0 Å². The molecule has 25 heavy (non-hydrogen) atoms. The van der Waals surface area contributed by atoms with E-state index in [9.17, 15) is 9.59 Å². The fourth-order valence-electron chi connectivity index (χ4n) is 2.82. The minimum Gasteiger partial charge on any atom is -0.355 e. The van der Waals surface area contributed by atoms with E-state index in [-0.39, 0.29) is 11.8 Å². The lowest BCUT2D eigenvalue weighted by atomic mass is 10.2. The number of nitrogens with zero attached hydrogens (tertiary/aromatic N) is 2. The fourth-order valence-corrected chi connectivity index (χ4v) is 2.82. The van der Waals surface area contributed by atoms with Gasteiger partial charge < -0.3 is 10.6 Å². The summed E-state index contributed by atoms with van der Waals surface area (Å²) in [5.74, 6) is 0.150. The molecule has 2 rings (SSSR count). The maximum absolute atomic E-state index is 12.1. The zero-order valence-electron chi connectivity index (χ0n) is 15.2. The highest BCUT2D eigenvalue weighted by atomic mass is 16.2. The summed E-state index contributed by atoms with van der Waals surface area (Å²) < 4.78 is 0. The Hall–Kier alpha value is -1.92. The molecule has 0 aromatic heterocycles. The number of hydrogen-bond acceptors (Lipinski definition) is 4. The van der Waals surface area contributed by atoms with Crippen molar-refractivity contribution in [2.24, 2.45) is 0 Å². The first-order valence-electron chi connectivity index (χ1n) is 9.19. The monoisotopic (exact) mass is 346 g/mol. The van der Waals surface area contributed by atoms with E-state index < -0.39 is 0 Å². The molecule has 1 aromatic carbocycles. The first-order chi connectivity index (χ1) is 12.2. The maximum atomic E-state index is 12.1. The van der Waals surface area contributed by atoms with E-state index in [2.05, 4.69) is 27.4 Å². The molecule has 1 saturated heterocycles. The van der Waals surface area contributed by atoms with Crippen LogP contribution in [-0.2, 0) is 16.1 Å². The largest absolute Gasteiger partial charge is 0.355 e. The molecular formula is C19H30N4O2. The van der Waals surface area contributed by atoms with Crippen LogP contribution in [0.1, 0.15) is 25.3 Å². The van der Waals surface area contributed by atoms with Gasteiger partial charge in [-0.1, -0.05) is 43.7 Å². The molecule has 1 aliphatic heterocycles. The zero-order valence-corrected chi connectivity index (χ0v) is 15.2. The molecule has 1 heterocycles. The molecule has 0 atom stereocenters. The second kappa shape index (κ2) is 10.8. The van der Waals surface area contributed by atoms with Gasteiger partial charge in [0.1, 0.15) is 0 Å². The summed E-state index contributed by atoms with van der Waals surface area (Å²) in [5.41, 5.74) is 1.11. The highest BCUT2D eigenvalue weighted by Crippen LogP contribution is 2.02. The Labute approximate surface area is 150 Å². The number of piperazine rings is 1. The molecule has 138 valence electrons. The fraction of sp³-hybridized carbons (Fsp3) is 0.579. The van der Waals surface area contributed by atoms with Crippen LogP contribution in [0.5, 0.6) is 0 Å². The first-order valence-corrected chi connectivity index (χ1v) is 9.19. The van der Waals surface area contributed by atoms with Crippen molar-refractivity contribution in [3.63, 3.8) is 0 Å². The number of carbonyl (C=O) groups excluding carboxylic acids is 2. The van der Waals surface area contributed by atoms with Gasteiger partial charge in [-0.2, -0.15) is 0 Å². The van der Waals surface area contributed by atoms with Gasteiger partial charge in [0.15, 0.2) is 0 Å². The lowest BCUT2D eigenvalue weighted by Crippen LogP contribution is -2.51. The number of benzene rings is 1. The number of unbranched alkanes of at least 4 members (excludes halogenated alkanes) is 1. The quantitative estimate of drug-likeness (QED) is 0.650. The second-order valence-electron chi connectivity index (χ2n) is 6.52. The summed E-state index contributed by atoms with van der Waals surface area (Å²) in [6, 6.07) is 9.92. The third kappa shape index (κ3) is 7.67. The van der Waals surface area contributed by atoms with Crippen molar-refractivity contribution < 1.29 is 9.59 Å². The van der Waals surface area contributed by atoms with Crippen LogP contribution in [0.25, 0.3) is 0 Å². The third-order valence-corrected chi connectivity index (χ3v) is 4.38. The van der Waals surface area contributed by atoms with Crippen LogP contribution in [-0.4, -0.2) is 67.4 Å². The van der Waals surface area contributed by atoms with E-state index in [4.69, 9.17) is 0 Å². The Morgan fingerprint density at radius 2 is 1.48 bits per heavy atom. The van der Waals surface area contributed by atoms with Gasteiger partial charge >= 0.3 is 0 Å². The molecule has 0 saturated carbocycles. The van der Waals surface area contributed by atoms with E-state index >= 15 is 0 Å². The predicted molar refractivity (Wildman–Crippen MR) is 99.1 cm³/mol. The number of rotatable bonds is 9. The lowest BCUT2D eigenvalue weighted by Gasteiger charge is -2.33. The van der Waals surface area contributed by atoms with Crippen LogP contribution >= 0.6 is 0 Å². The molecule has 2 amide bonds. The SMILES string of the molecule is CCCCNC(=O)CN1CCN(CC(=O)NCc2ccccc2)CC1. The predicted octanol–water partition coefficient (Wildman–Crippen LogP) is 0.837. The van der Waals surface area contributed by atoms with Crippen molar-refractivity contribution in [3.05, 3.63) is 35.9 Å². The molecule has 0 unspecified atom stereocenters. The molecule has 6 nitrogen and oxygen atoms in total. The van der Waals surface area contributed by atoms with Crippen molar-refractivity contribution in [1.82, 2.24) is 20.4 Å². The van der Waals surface area contributed by atoms with Crippen LogP contribution in [0.4, 0.5) is 0 Å². The van der Waals surface area contributed by atoms with Crippen molar-refractivity contribution in [2.45, 2.75) is 26.3 Å². The topological polar surface area (TPSA) is 64.7 Å². The Morgan fingerprint density at radius 1 is 0.920 bits per heavy atom. The highest BCUT2D eigenvalue weighted by molar-refractivity contribution is 5.78. The molecule has 6 heteroatoms. The van der Waals surface area contributed by atoms with Crippen LogP contribution in [0.3, 0.4) is 0 Å². The van der Waals surface area contributed by atoms with Gasteiger partial charge in [0.2, 0.25) is 11.8 Å². The van der Waals surface area contributed by atoms with Gasteiger partial charge in [-0.25, -0.2) is 0 Å². The highest BCUT2D eigenvalue weighted by Gasteiger charge is 2.20. The van der Waals surface area contributed by atoms with Crippen molar-refractivity contribution in [3.8, 4) is 0 Å². The van der Waals surface area contributed by atoms with Gasteiger partial charge in [-0.15, -0.1) is 0 Å². The zero-order chi connectivity index (χ0) is 17.9. The molecule has 0 bridgehead atoms. The molecule has 2 N–H and O–H groups in total. The summed E-state index contributed by atoms with van der Waals surface area (Å²) in [5, 5.41) is 5.91. The Morgan fingerprint density at radius 3 is 2.04 bits per heavy atom. The van der Waals surface area contributed by atoms with Crippen LogP contribution in [0, 0.1) is 0 Å². The Bertz CT molecular complexity index is 527. The molecular weight excluding hydrogens is 316 g/mol. The van der Waals surface area contributed by atoms with E-state index in [1.807, 2.05) is 30.3 Å². The van der Waals surface area contributed by atoms with Gasteiger partial charge in [0.25, 0.3) is 0 Å². The standard InChI is InChI=1S/C19H30N4O2/c1-2-3-9-20-18(24)15-22-10-12-23(13-11-22)16-19(25)21-14-17-7-5-4-6-8-17/h4-8H,2-3,9-16H2,1H3,(H,20,24)(H,21,25). The minimum absolute atomic E-state index is 0.0506. The number of nitrogens with one attached hydrogen (secondary N) is 2. The maximum Gasteiger partial charge on any atom is 0.234 e. The number of hydrogen-bond donors (Lipinski definition) is 2. The van der Waals surface area contributed by atoms with Gasteiger partial charge in [0, 0.05) is 39.3 Å². The normalized spacial score (nSPS) is 15.7. The Kier molecular flexibility index (Phi) is 8.42. The molecule has 1 aromatic rings.